The van der Waals surface area contributed by atoms with Crippen molar-refractivity contribution in [3.05, 3.63) is 58.6 Å². The summed E-state index contributed by atoms with van der Waals surface area (Å²) in [7, 11) is 0. The number of piperazine rings is 1. The molecule has 3 heterocycles. The fourth-order valence-electron chi connectivity index (χ4n) is 5.16. The molecule has 2 aliphatic rings. The van der Waals surface area contributed by atoms with Crippen LogP contribution in [0.1, 0.15) is 19.0 Å². The Morgan fingerprint density at radius 3 is 2.47 bits per heavy atom. The number of rotatable bonds is 14. The van der Waals surface area contributed by atoms with Gasteiger partial charge in [-0.25, -0.2) is 9.78 Å². The molecule has 0 atom stereocenters. The van der Waals surface area contributed by atoms with E-state index in [9.17, 15) is 24.0 Å². The van der Waals surface area contributed by atoms with Crippen LogP contribution in [0.15, 0.2) is 47.8 Å². The largest absolute Gasteiger partial charge is 0.492 e. The fraction of sp³-hybridized carbons (Fsp3) is 0.394. The van der Waals surface area contributed by atoms with E-state index >= 15 is 0 Å². The molecule has 49 heavy (non-hydrogen) atoms. The average Bonchev–Trinajstić information content (AvgIpc) is 3.55. The van der Waals surface area contributed by atoms with E-state index < -0.39 is 12.0 Å². The molecule has 260 valence electrons. The summed E-state index contributed by atoms with van der Waals surface area (Å²) >= 11 is 7.92. The maximum Gasteiger partial charge on any atom is 0.328 e. The third kappa shape index (κ3) is 10.1. The summed E-state index contributed by atoms with van der Waals surface area (Å²) in [5.74, 6) is -0.0733. The van der Waals surface area contributed by atoms with Gasteiger partial charge in [0.15, 0.2) is 6.61 Å². The van der Waals surface area contributed by atoms with Crippen LogP contribution in [0, 0.1) is 0 Å². The molecule has 5 rings (SSSR count). The van der Waals surface area contributed by atoms with Crippen molar-refractivity contribution in [1.29, 1.82) is 0 Å². The molecule has 3 aromatic rings. The number of anilines is 1. The Morgan fingerprint density at radius 2 is 1.76 bits per heavy atom. The van der Waals surface area contributed by atoms with Crippen molar-refractivity contribution in [3.8, 4) is 22.1 Å². The first-order valence-corrected chi connectivity index (χ1v) is 17.1. The number of nitrogens with one attached hydrogen (secondary N) is 2. The van der Waals surface area contributed by atoms with Crippen LogP contribution in [0.25, 0.3) is 10.6 Å². The summed E-state index contributed by atoms with van der Waals surface area (Å²) in [6.45, 7) is 5.68. The lowest BCUT2D eigenvalue weighted by atomic mass is 10.2. The number of aromatic nitrogens is 1. The number of nitrogens with zero attached hydrogens (tertiary/aromatic N) is 4. The summed E-state index contributed by atoms with van der Waals surface area (Å²) in [5, 5.41) is 7.74. The van der Waals surface area contributed by atoms with Gasteiger partial charge in [0.2, 0.25) is 11.8 Å². The molecule has 2 aromatic carbocycles. The predicted octanol–water partition coefficient (Wildman–Crippen LogP) is 2.73. The Hall–Kier alpha value is -4.73. The van der Waals surface area contributed by atoms with Crippen molar-refractivity contribution >= 4 is 58.3 Å². The number of carbonyl (C=O) groups excluding carboxylic acids is 5. The molecule has 2 fully saturated rings. The molecule has 2 aliphatic heterocycles. The third-order valence-corrected chi connectivity index (χ3v) is 9.00. The first kappa shape index (κ1) is 35.6. The molecule has 0 radical (unpaired) electrons. The molecule has 2 N–H and O–H groups in total. The monoisotopic (exact) mass is 712 g/mol. The zero-order chi connectivity index (χ0) is 34.8. The van der Waals surface area contributed by atoms with E-state index in [2.05, 4.69) is 20.5 Å². The molecular weight excluding hydrogens is 676 g/mol. The number of amides is 5. The van der Waals surface area contributed by atoms with Gasteiger partial charge in [-0.05, 0) is 49.4 Å². The molecule has 0 spiro atoms. The zero-order valence-electron chi connectivity index (χ0n) is 26.9. The van der Waals surface area contributed by atoms with E-state index in [1.54, 1.807) is 47.5 Å². The van der Waals surface area contributed by atoms with Crippen LogP contribution in [-0.2, 0) is 30.3 Å². The molecule has 0 unspecified atom stereocenters. The average molecular weight is 713 g/mol. The molecule has 16 heteroatoms. The summed E-state index contributed by atoms with van der Waals surface area (Å²) in [6.07, 6.45) is 0.278. The number of hydrogen-bond acceptors (Lipinski definition) is 11. The van der Waals surface area contributed by atoms with E-state index in [-0.39, 0.29) is 50.3 Å². The highest BCUT2D eigenvalue weighted by atomic mass is 35.5. The smallest absolute Gasteiger partial charge is 0.328 e. The number of carbonyl (C=O) groups is 5. The number of esters is 1. The van der Waals surface area contributed by atoms with Crippen LogP contribution in [0.4, 0.5) is 10.5 Å². The van der Waals surface area contributed by atoms with Gasteiger partial charge in [-0.1, -0.05) is 11.6 Å². The minimum atomic E-state index is -0.491. The van der Waals surface area contributed by atoms with Crippen LogP contribution < -0.4 is 25.0 Å². The van der Waals surface area contributed by atoms with Crippen molar-refractivity contribution < 1.29 is 38.2 Å². The van der Waals surface area contributed by atoms with Gasteiger partial charge in [0.1, 0.15) is 29.7 Å². The quantitative estimate of drug-likeness (QED) is 0.238. The molecule has 0 aliphatic carbocycles. The Kier molecular flexibility index (Phi) is 12.4. The minimum Gasteiger partial charge on any atom is -0.492 e. The molecular formula is C33H37ClN6O8S. The standard InChI is InChI=1S/C33H37ClN6O8S/c1-2-46-31(44)19-35-29(42)17-22-21-49-32(36-22)26-8-7-25(18-27(26)34)47-16-15-38-11-13-39(14-12-38)30(43)20-48-24-5-3-23(4-6-24)40-10-9-28(41)37-33(40)45/h3-8,18,21H,2,9-17,19-20H2,1H3,(H,35,42)(H,37,41,45). The number of urea groups is 1. The van der Waals surface area contributed by atoms with Crippen LogP contribution in [-0.4, -0.2) is 110 Å². The van der Waals surface area contributed by atoms with E-state index in [0.29, 0.717) is 78.8 Å². The van der Waals surface area contributed by atoms with Crippen molar-refractivity contribution in [2.45, 2.75) is 19.8 Å². The maximum absolute atomic E-state index is 12.8. The van der Waals surface area contributed by atoms with E-state index in [0.717, 1.165) is 5.56 Å². The van der Waals surface area contributed by atoms with E-state index in [1.165, 1.54) is 16.2 Å². The van der Waals surface area contributed by atoms with Crippen molar-refractivity contribution in [1.82, 2.24) is 25.4 Å². The molecule has 14 nitrogen and oxygen atoms in total. The van der Waals surface area contributed by atoms with Crippen molar-refractivity contribution in [3.63, 3.8) is 0 Å². The molecule has 1 aromatic heterocycles. The van der Waals surface area contributed by atoms with Crippen LogP contribution in [0.3, 0.4) is 0 Å². The number of imide groups is 1. The number of ether oxygens (including phenoxy) is 3. The van der Waals surface area contributed by atoms with Crippen molar-refractivity contribution in [2.75, 3.05) is 70.5 Å². The van der Waals surface area contributed by atoms with Gasteiger partial charge < -0.3 is 24.4 Å². The lowest BCUT2D eigenvalue weighted by Crippen LogP contribution is -2.50. The second kappa shape index (κ2) is 17.1. The highest BCUT2D eigenvalue weighted by Gasteiger charge is 2.25. The summed E-state index contributed by atoms with van der Waals surface area (Å²) in [4.78, 5) is 69.7. The van der Waals surface area contributed by atoms with Crippen molar-refractivity contribution in [2.24, 2.45) is 0 Å². The van der Waals surface area contributed by atoms with Gasteiger partial charge in [0.05, 0.1) is 23.7 Å². The summed E-state index contributed by atoms with van der Waals surface area (Å²) < 4.78 is 16.4. The number of halogens is 1. The predicted molar refractivity (Wildman–Crippen MR) is 182 cm³/mol. The van der Waals surface area contributed by atoms with Gasteiger partial charge >= 0.3 is 12.0 Å². The topological polar surface area (TPSA) is 160 Å². The lowest BCUT2D eigenvalue weighted by molar-refractivity contribution is -0.143. The first-order valence-electron chi connectivity index (χ1n) is 15.8. The second-order valence-corrected chi connectivity index (χ2v) is 12.4. The van der Waals surface area contributed by atoms with E-state index in [4.69, 9.17) is 25.8 Å². The highest BCUT2D eigenvalue weighted by molar-refractivity contribution is 7.13. The van der Waals surface area contributed by atoms with Crippen LogP contribution in [0.2, 0.25) is 5.02 Å². The van der Waals surface area contributed by atoms with Gasteiger partial charge in [0, 0.05) is 62.3 Å². The molecule has 2 saturated heterocycles. The third-order valence-electron chi connectivity index (χ3n) is 7.77. The second-order valence-electron chi connectivity index (χ2n) is 11.2. The Balaban J connectivity index is 0.991. The lowest BCUT2D eigenvalue weighted by Gasteiger charge is -2.34. The van der Waals surface area contributed by atoms with Gasteiger partial charge in [-0.15, -0.1) is 11.3 Å². The van der Waals surface area contributed by atoms with Gasteiger partial charge in [0.25, 0.3) is 5.91 Å². The fourth-order valence-corrected chi connectivity index (χ4v) is 6.34. The van der Waals surface area contributed by atoms with Crippen LogP contribution >= 0.6 is 22.9 Å². The van der Waals surface area contributed by atoms with Crippen LogP contribution in [0.5, 0.6) is 11.5 Å². The number of thiazole rings is 1. The number of benzene rings is 2. The maximum atomic E-state index is 12.8. The Labute approximate surface area is 292 Å². The molecule has 5 amide bonds. The highest BCUT2D eigenvalue weighted by Crippen LogP contribution is 2.33. The first-order chi connectivity index (χ1) is 23.7. The van der Waals surface area contributed by atoms with Gasteiger partial charge in [-0.2, -0.15) is 0 Å². The SMILES string of the molecule is CCOC(=O)CNC(=O)Cc1csc(-c2ccc(OCCN3CCN(C(=O)COc4ccc(N5CCC(=O)NC5=O)cc4)CC3)cc2Cl)n1. The summed E-state index contributed by atoms with van der Waals surface area (Å²) in [6, 6.07) is 11.8. The normalized spacial score (nSPS) is 15.1. The minimum absolute atomic E-state index is 0.0354. The molecule has 0 bridgehead atoms. The Morgan fingerprint density at radius 1 is 1.00 bits per heavy atom. The Bertz CT molecular complexity index is 1660. The molecule has 0 saturated carbocycles. The number of hydrogen-bond donors (Lipinski definition) is 2. The zero-order valence-corrected chi connectivity index (χ0v) is 28.5. The van der Waals surface area contributed by atoms with Gasteiger partial charge in [-0.3, -0.25) is 34.3 Å². The van der Waals surface area contributed by atoms with E-state index in [1.807, 2.05) is 12.1 Å². The summed E-state index contributed by atoms with van der Waals surface area (Å²) in [5.41, 5.74) is 1.94.